The summed E-state index contributed by atoms with van der Waals surface area (Å²) >= 11 is 0. The fourth-order valence-corrected chi connectivity index (χ4v) is 13.3. The van der Waals surface area contributed by atoms with Crippen molar-refractivity contribution in [3.63, 3.8) is 0 Å². The zero-order valence-corrected chi connectivity index (χ0v) is 31.9. The lowest BCUT2D eigenvalue weighted by Crippen LogP contribution is -2.68. The number of carbonyl (C=O) groups excluding carboxylic acids is 1. The number of hydrogen-bond donors (Lipinski definition) is 3. The van der Waals surface area contributed by atoms with Crippen molar-refractivity contribution >= 4 is 17.4 Å². The molecular weight excluding hydrogens is 606 g/mol. The van der Waals surface area contributed by atoms with E-state index < -0.39 is 5.97 Å². The smallest absolute Gasteiger partial charge is 0.335 e. The van der Waals surface area contributed by atoms with Crippen LogP contribution in [0.4, 0.5) is 0 Å². The Hall–Kier alpha value is -2.44. The predicted molar refractivity (Wildman–Crippen MR) is 200 cm³/mol. The Kier molecular flexibility index (Phi) is 9.61. The van der Waals surface area contributed by atoms with Crippen molar-refractivity contribution in [1.82, 2.24) is 15.5 Å². The van der Waals surface area contributed by atoms with Crippen LogP contribution in [0.1, 0.15) is 122 Å². The van der Waals surface area contributed by atoms with Crippen LogP contribution in [0, 0.1) is 51.2 Å². The van der Waals surface area contributed by atoms with Gasteiger partial charge in [-0.2, -0.15) is 0 Å². The van der Waals surface area contributed by atoms with E-state index in [9.17, 15) is 14.7 Å². The summed E-state index contributed by atoms with van der Waals surface area (Å²) in [6.07, 6.45) is 14.4. The SMILES string of the molecule is C=C(C)[C@@H]1CC[C@]2(NCCNCCC(=O)N(C)C)CC[C@]3(C)[C@H](CC[C@@H]4[C@@]5(C)CC=C(c6ccc(C(=O)O)cc6)C(C)(C)[C@@H]5CC[C@]43C)C12. The minimum atomic E-state index is -0.864. The summed E-state index contributed by atoms with van der Waals surface area (Å²) in [4.78, 5) is 25.3. The highest BCUT2D eigenvalue weighted by Gasteiger charge is 2.70. The number of carbonyl (C=O) groups is 2. The molecule has 0 aliphatic heterocycles. The number of amides is 1. The van der Waals surface area contributed by atoms with Crippen LogP contribution in [0.5, 0.6) is 0 Å². The molecule has 6 heteroatoms. The van der Waals surface area contributed by atoms with E-state index in [0.717, 1.165) is 26.1 Å². The topological polar surface area (TPSA) is 81.7 Å². The molecule has 0 aromatic heterocycles. The maximum Gasteiger partial charge on any atom is 0.335 e. The number of hydrogen-bond acceptors (Lipinski definition) is 4. The molecule has 1 aromatic rings. The molecule has 0 spiro atoms. The van der Waals surface area contributed by atoms with Gasteiger partial charge in [-0.25, -0.2) is 4.79 Å². The summed E-state index contributed by atoms with van der Waals surface area (Å²) in [6.45, 7) is 22.5. The van der Waals surface area contributed by atoms with Crippen molar-refractivity contribution in [3.05, 3.63) is 53.6 Å². The third-order valence-electron chi connectivity index (χ3n) is 15.9. The molecule has 0 bridgehead atoms. The van der Waals surface area contributed by atoms with Gasteiger partial charge >= 0.3 is 5.97 Å². The lowest BCUT2D eigenvalue weighted by molar-refractivity contribution is -0.219. The Labute approximate surface area is 297 Å². The van der Waals surface area contributed by atoms with Crippen molar-refractivity contribution in [2.24, 2.45) is 51.2 Å². The van der Waals surface area contributed by atoms with Crippen LogP contribution in [0.15, 0.2) is 42.5 Å². The zero-order chi connectivity index (χ0) is 35.6. The predicted octanol–water partition coefficient (Wildman–Crippen LogP) is 8.45. The number of nitrogens with zero attached hydrogens (tertiary/aromatic N) is 1. The Morgan fingerprint density at radius 3 is 2.24 bits per heavy atom. The fourth-order valence-electron chi connectivity index (χ4n) is 13.3. The van der Waals surface area contributed by atoms with Gasteiger partial charge in [-0.15, -0.1) is 0 Å². The maximum atomic E-state index is 12.0. The number of nitrogens with one attached hydrogen (secondary N) is 2. The van der Waals surface area contributed by atoms with Crippen molar-refractivity contribution < 1.29 is 14.7 Å². The lowest BCUT2D eigenvalue weighted by Gasteiger charge is -2.72. The van der Waals surface area contributed by atoms with Gasteiger partial charge in [0.2, 0.25) is 5.91 Å². The molecule has 49 heavy (non-hydrogen) atoms. The monoisotopic (exact) mass is 672 g/mol. The van der Waals surface area contributed by atoms with Crippen LogP contribution in [-0.2, 0) is 4.79 Å². The number of allylic oxidation sites excluding steroid dienone is 3. The van der Waals surface area contributed by atoms with E-state index in [0.29, 0.717) is 52.4 Å². The normalized spacial score (nSPS) is 39.1. The number of carboxylic acids is 1. The first kappa shape index (κ1) is 36.4. The zero-order valence-electron chi connectivity index (χ0n) is 31.9. The van der Waals surface area contributed by atoms with Crippen molar-refractivity contribution in [3.8, 4) is 0 Å². The van der Waals surface area contributed by atoms with E-state index in [1.807, 2.05) is 26.2 Å². The van der Waals surface area contributed by atoms with Crippen LogP contribution in [0.3, 0.4) is 0 Å². The molecule has 6 rings (SSSR count). The summed E-state index contributed by atoms with van der Waals surface area (Å²) in [5.41, 5.74) is 5.35. The molecule has 4 fully saturated rings. The molecule has 0 saturated heterocycles. The number of aromatic carboxylic acids is 1. The molecule has 4 saturated carbocycles. The molecular formula is C43H65N3O3. The van der Waals surface area contributed by atoms with Crippen LogP contribution in [0.25, 0.3) is 5.57 Å². The third kappa shape index (κ3) is 5.76. The molecule has 1 aromatic carbocycles. The highest BCUT2D eigenvalue weighted by molar-refractivity contribution is 5.88. The first-order valence-corrected chi connectivity index (χ1v) is 19.4. The van der Waals surface area contributed by atoms with E-state index in [4.69, 9.17) is 0 Å². The molecule has 0 heterocycles. The van der Waals surface area contributed by atoms with Crippen LogP contribution in [-0.4, -0.2) is 61.2 Å². The van der Waals surface area contributed by atoms with Gasteiger partial charge in [-0.05, 0) is 139 Å². The summed E-state index contributed by atoms with van der Waals surface area (Å²) in [5.74, 6) is 2.50. The largest absolute Gasteiger partial charge is 0.478 e. The molecule has 6 nitrogen and oxygen atoms in total. The minimum Gasteiger partial charge on any atom is -0.478 e. The second kappa shape index (κ2) is 13.0. The maximum absolute atomic E-state index is 12.0. The molecule has 9 atom stereocenters. The van der Waals surface area contributed by atoms with Gasteiger partial charge in [0.1, 0.15) is 0 Å². The van der Waals surface area contributed by atoms with Gasteiger partial charge in [0.05, 0.1) is 5.56 Å². The standard InChI is InChI=1S/C43H65N3O3/c1-28(2)31-16-22-43(45-27-26-44-25-19-36(47)46(8)9)24-23-41(6)33(37(31)43)14-15-35-40(5)20-17-32(29-10-12-30(13-11-29)38(48)49)39(3,4)34(40)18-21-42(35,41)7/h10-13,17,31,33-35,37,44-45H,1,14-16,18-27H2,2-9H3,(H,48,49)/t31-,33+,34-,35+,37?,40-,41+,42+,43-/m0/s1. The highest BCUT2D eigenvalue weighted by atomic mass is 16.4. The van der Waals surface area contributed by atoms with Crippen LogP contribution < -0.4 is 10.6 Å². The number of rotatable bonds is 10. The van der Waals surface area contributed by atoms with Crippen LogP contribution in [0.2, 0.25) is 0 Å². The average molecular weight is 672 g/mol. The van der Waals surface area contributed by atoms with Gasteiger partial charge in [-0.3, -0.25) is 4.79 Å². The molecule has 5 aliphatic carbocycles. The van der Waals surface area contributed by atoms with Gasteiger partial charge in [-0.1, -0.05) is 65.0 Å². The number of carboxylic acid groups (broad SMARTS) is 1. The van der Waals surface area contributed by atoms with E-state index in [1.54, 1.807) is 17.0 Å². The molecule has 5 aliphatic rings. The van der Waals surface area contributed by atoms with Gasteiger partial charge in [0.15, 0.2) is 0 Å². The average Bonchev–Trinajstić information content (AvgIpc) is 3.43. The first-order chi connectivity index (χ1) is 23.0. The van der Waals surface area contributed by atoms with E-state index in [-0.39, 0.29) is 22.3 Å². The minimum absolute atomic E-state index is 0.0206. The Morgan fingerprint density at radius 2 is 1.59 bits per heavy atom. The van der Waals surface area contributed by atoms with Crippen molar-refractivity contribution in [1.29, 1.82) is 0 Å². The summed E-state index contributed by atoms with van der Waals surface area (Å²) in [7, 11) is 3.65. The Bertz CT molecular complexity index is 1480. The molecule has 1 unspecified atom stereocenters. The summed E-state index contributed by atoms with van der Waals surface area (Å²) in [5, 5.41) is 17.2. The first-order valence-electron chi connectivity index (χ1n) is 19.4. The third-order valence-corrected chi connectivity index (χ3v) is 15.9. The summed E-state index contributed by atoms with van der Waals surface area (Å²) in [6, 6.07) is 7.60. The van der Waals surface area contributed by atoms with E-state index in [1.165, 1.54) is 68.1 Å². The van der Waals surface area contributed by atoms with Crippen LogP contribution >= 0.6 is 0 Å². The number of fused-ring (bicyclic) bond motifs is 7. The van der Waals surface area contributed by atoms with Gasteiger partial charge in [0, 0.05) is 45.7 Å². The second-order valence-corrected chi connectivity index (χ2v) is 18.5. The van der Waals surface area contributed by atoms with Gasteiger partial charge < -0.3 is 20.6 Å². The summed E-state index contributed by atoms with van der Waals surface area (Å²) < 4.78 is 0. The highest BCUT2D eigenvalue weighted by Crippen LogP contribution is 2.76. The van der Waals surface area contributed by atoms with Crippen molar-refractivity contribution in [2.45, 2.75) is 111 Å². The number of benzene rings is 1. The lowest BCUT2D eigenvalue weighted by atomic mass is 9.33. The van der Waals surface area contributed by atoms with Crippen molar-refractivity contribution in [2.75, 3.05) is 33.7 Å². The molecule has 3 N–H and O–H groups in total. The molecule has 0 radical (unpaired) electrons. The Balaban J connectivity index is 1.23. The molecule has 270 valence electrons. The van der Waals surface area contributed by atoms with E-state index in [2.05, 4.69) is 64.8 Å². The quantitative estimate of drug-likeness (QED) is 0.172. The van der Waals surface area contributed by atoms with Gasteiger partial charge in [0.25, 0.3) is 0 Å². The molecule has 1 amide bonds. The fraction of sp³-hybridized carbons (Fsp3) is 0.721. The second-order valence-electron chi connectivity index (χ2n) is 18.5. The van der Waals surface area contributed by atoms with E-state index >= 15 is 0 Å². The Morgan fingerprint density at radius 1 is 0.878 bits per heavy atom.